The summed E-state index contributed by atoms with van der Waals surface area (Å²) in [6, 6.07) is 0. The van der Waals surface area contributed by atoms with E-state index in [0.29, 0.717) is 0 Å². The Morgan fingerprint density at radius 1 is 0.947 bits per heavy atom. The van der Waals surface area contributed by atoms with E-state index < -0.39 is 35.0 Å². The van der Waals surface area contributed by atoms with Crippen LogP contribution in [0.2, 0.25) is 0 Å². The minimum absolute atomic E-state index is 0.320. The van der Waals surface area contributed by atoms with E-state index in [1.165, 1.54) is 20.8 Å². The first-order valence-electron chi connectivity index (χ1n) is 4.83. The number of hydrogen-bond acceptors (Lipinski definition) is 2. The summed E-state index contributed by atoms with van der Waals surface area (Å²) < 4.78 is 86.1. The van der Waals surface area contributed by atoms with E-state index in [2.05, 4.69) is 0 Å². The summed E-state index contributed by atoms with van der Waals surface area (Å²) in [7, 11) is 0. The Hall–Kier alpha value is -1.28. The zero-order valence-corrected chi connectivity index (χ0v) is 10.1. The van der Waals surface area contributed by atoms with Crippen molar-refractivity contribution in [3.63, 3.8) is 0 Å². The molecule has 0 aliphatic carbocycles. The predicted molar refractivity (Wildman–Crippen MR) is 51.1 cm³/mol. The number of carbonyl (C=O) groups is 1. The molecule has 9 heteroatoms. The first-order valence-corrected chi connectivity index (χ1v) is 4.83. The van der Waals surface area contributed by atoms with Gasteiger partial charge in [-0.25, -0.2) is 0 Å². The molecule has 0 bridgehead atoms. The highest BCUT2D eigenvalue weighted by Gasteiger charge is 2.75. The first kappa shape index (κ1) is 17.7. The van der Waals surface area contributed by atoms with Crippen molar-refractivity contribution in [2.45, 2.75) is 38.8 Å². The summed E-state index contributed by atoms with van der Waals surface area (Å²) >= 11 is 0. The summed E-state index contributed by atoms with van der Waals surface area (Å²) in [5.74, 6) is -16.4. The SMILES string of the molecule is CC(C)(C)/C(O)=C\C(=O)C(F)(F)C(F)(F)C(F)(F)F. The molecule has 0 unspecified atom stereocenters. The minimum atomic E-state index is -6.59. The maximum atomic E-state index is 12.9. The lowest BCUT2D eigenvalue weighted by atomic mass is 9.92. The van der Waals surface area contributed by atoms with Crippen molar-refractivity contribution in [2.75, 3.05) is 0 Å². The second-order valence-corrected chi connectivity index (χ2v) is 4.79. The van der Waals surface area contributed by atoms with Gasteiger partial charge in [0.1, 0.15) is 5.76 Å². The molecule has 0 radical (unpaired) electrons. The van der Waals surface area contributed by atoms with E-state index in [1.54, 1.807) is 0 Å². The Labute approximate surface area is 103 Å². The first-order chi connectivity index (χ1) is 8.05. The number of aliphatic hydroxyl groups excluding tert-OH is 1. The van der Waals surface area contributed by atoms with Crippen molar-refractivity contribution in [2.24, 2.45) is 5.41 Å². The topological polar surface area (TPSA) is 37.3 Å². The van der Waals surface area contributed by atoms with Crippen LogP contribution in [0.4, 0.5) is 30.7 Å². The zero-order chi connectivity index (χ0) is 15.9. The van der Waals surface area contributed by atoms with Gasteiger partial charge in [0.2, 0.25) is 5.78 Å². The lowest BCUT2D eigenvalue weighted by Gasteiger charge is -2.26. The monoisotopic (exact) mass is 296 g/mol. The molecule has 0 aromatic rings. The average molecular weight is 296 g/mol. The zero-order valence-electron chi connectivity index (χ0n) is 10.1. The van der Waals surface area contributed by atoms with E-state index in [0.717, 1.165) is 0 Å². The van der Waals surface area contributed by atoms with Crippen LogP contribution in [0.25, 0.3) is 0 Å². The van der Waals surface area contributed by atoms with Gasteiger partial charge in [0.05, 0.1) is 0 Å². The number of aliphatic hydroxyl groups is 1. The van der Waals surface area contributed by atoms with Gasteiger partial charge in [-0.05, 0) is 0 Å². The van der Waals surface area contributed by atoms with Crippen LogP contribution >= 0.6 is 0 Å². The molecule has 0 fully saturated rings. The molecular formula is C10H11F7O2. The molecule has 0 aromatic heterocycles. The highest BCUT2D eigenvalue weighted by molar-refractivity contribution is 5.97. The molecule has 0 amide bonds. The number of halogens is 7. The fourth-order valence-electron chi connectivity index (χ4n) is 0.764. The molecule has 0 spiro atoms. The molecule has 0 rings (SSSR count). The molecule has 2 nitrogen and oxygen atoms in total. The summed E-state index contributed by atoms with van der Waals surface area (Å²) in [5.41, 5.74) is -1.25. The Morgan fingerprint density at radius 2 is 1.32 bits per heavy atom. The lowest BCUT2D eigenvalue weighted by Crippen LogP contribution is -2.55. The van der Waals surface area contributed by atoms with Crippen LogP contribution in [0.3, 0.4) is 0 Å². The second-order valence-electron chi connectivity index (χ2n) is 4.79. The molecular weight excluding hydrogens is 285 g/mol. The molecule has 0 saturated carbocycles. The number of rotatable bonds is 3. The second kappa shape index (κ2) is 4.68. The maximum Gasteiger partial charge on any atom is 0.460 e. The Morgan fingerprint density at radius 3 is 1.58 bits per heavy atom. The largest absolute Gasteiger partial charge is 0.512 e. The fraction of sp³-hybridized carbons (Fsp3) is 0.700. The van der Waals surface area contributed by atoms with E-state index in [9.17, 15) is 35.5 Å². The van der Waals surface area contributed by atoms with Gasteiger partial charge < -0.3 is 5.11 Å². The van der Waals surface area contributed by atoms with Crippen LogP contribution in [-0.2, 0) is 4.79 Å². The van der Waals surface area contributed by atoms with Gasteiger partial charge in [-0.15, -0.1) is 0 Å². The molecule has 1 N–H and O–H groups in total. The third-order valence-corrected chi connectivity index (χ3v) is 2.10. The third kappa shape index (κ3) is 3.38. The highest BCUT2D eigenvalue weighted by atomic mass is 19.4. The van der Waals surface area contributed by atoms with Crippen LogP contribution in [0.1, 0.15) is 20.8 Å². The van der Waals surface area contributed by atoms with Crippen molar-refractivity contribution in [3.05, 3.63) is 11.8 Å². The number of hydrogen-bond donors (Lipinski definition) is 1. The molecule has 19 heavy (non-hydrogen) atoms. The van der Waals surface area contributed by atoms with Crippen LogP contribution in [0, 0.1) is 5.41 Å². The average Bonchev–Trinajstić information content (AvgIpc) is 2.13. The molecule has 0 aromatic carbocycles. The van der Waals surface area contributed by atoms with Crippen molar-refractivity contribution in [3.8, 4) is 0 Å². The minimum Gasteiger partial charge on any atom is -0.512 e. The van der Waals surface area contributed by atoms with Gasteiger partial charge in [-0.1, -0.05) is 20.8 Å². The predicted octanol–water partition coefficient (Wildman–Crippen LogP) is 3.88. The van der Waals surface area contributed by atoms with Crippen molar-refractivity contribution < 1.29 is 40.6 Å². The summed E-state index contributed by atoms with van der Waals surface area (Å²) in [4.78, 5) is 10.8. The standard InChI is InChI=1S/C10H11F7O2/c1-7(2,3)5(18)4-6(19)8(11,12)9(13,14)10(15,16)17/h4,18H,1-3H3/b5-4+. The molecule has 0 saturated heterocycles. The number of alkyl halides is 7. The molecule has 0 atom stereocenters. The van der Waals surface area contributed by atoms with Crippen LogP contribution < -0.4 is 0 Å². The third-order valence-electron chi connectivity index (χ3n) is 2.10. The van der Waals surface area contributed by atoms with Gasteiger partial charge in [-0.2, -0.15) is 30.7 Å². The highest BCUT2D eigenvalue weighted by Crippen LogP contribution is 2.47. The number of allylic oxidation sites excluding steroid dienone is 2. The van der Waals surface area contributed by atoms with Crippen LogP contribution in [0.15, 0.2) is 11.8 Å². The number of ketones is 1. The summed E-state index contributed by atoms with van der Waals surface area (Å²) in [6.45, 7) is 3.73. The van der Waals surface area contributed by atoms with E-state index in [4.69, 9.17) is 5.11 Å². The smallest absolute Gasteiger partial charge is 0.460 e. The molecule has 112 valence electrons. The van der Waals surface area contributed by atoms with Crippen molar-refractivity contribution in [1.29, 1.82) is 0 Å². The summed E-state index contributed by atoms with van der Waals surface area (Å²) in [6.07, 6.45) is -6.91. The Balaban J connectivity index is 5.54. The van der Waals surface area contributed by atoms with Gasteiger partial charge in [0, 0.05) is 11.5 Å². The molecule has 0 heterocycles. The molecule has 0 aliphatic rings. The van der Waals surface area contributed by atoms with Crippen LogP contribution in [0.5, 0.6) is 0 Å². The van der Waals surface area contributed by atoms with E-state index in [-0.39, 0.29) is 6.08 Å². The van der Waals surface area contributed by atoms with E-state index in [1.807, 2.05) is 0 Å². The Bertz CT molecular complexity index is 388. The van der Waals surface area contributed by atoms with Crippen molar-refractivity contribution in [1.82, 2.24) is 0 Å². The van der Waals surface area contributed by atoms with Crippen molar-refractivity contribution >= 4 is 5.78 Å². The fourth-order valence-corrected chi connectivity index (χ4v) is 0.764. The van der Waals surface area contributed by atoms with Gasteiger partial charge >= 0.3 is 18.0 Å². The Kier molecular flexibility index (Phi) is 4.36. The summed E-state index contributed by atoms with van der Waals surface area (Å²) in [5, 5.41) is 9.17. The number of carbonyl (C=O) groups excluding carboxylic acids is 1. The van der Waals surface area contributed by atoms with E-state index >= 15 is 0 Å². The van der Waals surface area contributed by atoms with Crippen LogP contribution in [-0.4, -0.2) is 28.9 Å². The van der Waals surface area contributed by atoms with Gasteiger partial charge in [-0.3, -0.25) is 4.79 Å². The maximum absolute atomic E-state index is 12.9. The van der Waals surface area contributed by atoms with Gasteiger partial charge in [0.25, 0.3) is 0 Å². The quantitative estimate of drug-likeness (QED) is 0.487. The lowest BCUT2D eigenvalue weighted by molar-refractivity contribution is -0.342. The molecule has 0 aliphatic heterocycles. The normalized spacial score (nSPS) is 15.6. The van der Waals surface area contributed by atoms with Gasteiger partial charge in [0.15, 0.2) is 0 Å².